The van der Waals surface area contributed by atoms with E-state index in [2.05, 4.69) is 9.88 Å². The number of nitrogens with zero attached hydrogens (tertiary/aromatic N) is 2. The van der Waals surface area contributed by atoms with Crippen molar-refractivity contribution < 1.29 is 23.0 Å². The highest BCUT2D eigenvalue weighted by molar-refractivity contribution is 5.78. The second-order valence-electron chi connectivity index (χ2n) is 7.14. The molecule has 1 fully saturated rings. The average Bonchev–Trinajstić information content (AvgIpc) is 3.08. The molecule has 0 bridgehead atoms. The number of fused-ring (bicyclic) bond motifs is 1. The monoisotopic (exact) mass is 416 g/mol. The number of amides is 1. The van der Waals surface area contributed by atoms with Crippen LogP contribution in [0.2, 0.25) is 0 Å². The molecular formula is C21H22F2N4O3. The van der Waals surface area contributed by atoms with Gasteiger partial charge in [-0.2, -0.15) is 0 Å². The van der Waals surface area contributed by atoms with E-state index in [1.165, 1.54) is 6.07 Å². The number of benzene rings is 2. The van der Waals surface area contributed by atoms with Gasteiger partial charge in [0.05, 0.1) is 24.1 Å². The summed E-state index contributed by atoms with van der Waals surface area (Å²) in [6.45, 7) is 1.75. The molecule has 0 saturated carbocycles. The number of halogens is 2. The van der Waals surface area contributed by atoms with E-state index in [1.807, 2.05) is 12.1 Å². The number of primary amides is 1. The van der Waals surface area contributed by atoms with E-state index < -0.39 is 17.5 Å². The summed E-state index contributed by atoms with van der Waals surface area (Å²) in [7, 11) is 0. The van der Waals surface area contributed by atoms with Crippen LogP contribution in [-0.4, -0.2) is 35.2 Å². The predicted octanol–water partition coefficient (Wildman–Crippen LogP) is 3.03. The van der Waals surface area contributed by atoms with Crippen LogP contribution in [0.3, 0.4) is 0 Å². The highest BCUT2D eigenvalue weighted by atomic mass is 19.2. The molecule has 0 aliphatic carbocycles. The fourth-order valence-electron chi connectivity index (χ4n) is 3.64. The lowest BCUT2D eigenvalue weighted by atomic mass is 10.1. The van der Waals surface area contributed by atoms with E-state index in [4.69, 9.17) is 20.2 Å². The molecule has 1 aliphatic rings. The molecule has 1 aliphatic heterocycles. The van der Waals surface area contributed by atoms with Crippen molar-refractivity contribution in [2.45, 2.75) is 25.4 Å². The van der Waals surface area contributed by atoms with Crippen LogP contribution in [0.1, 0.15) is 24.7 Å². The lowest BCUT2D eigenvalue weighted by Gasteiger charge is -2.26. The number of hydrogen-bond acceptors (Lipinski definition) is 5. The molecule has 7 nitrogen and oxygen atoms in total. The maximum atomic E-state index is 13.5. The maximum Gasteiger partial charge on any atom is 0.231 e. The van der Waals surface area contributed by atoms with Gasteiger partial charge in [-0.1, -0.05) is 0 Å². The molecule has 4 rings (SSSR count). The van der Waals surface area contributed by atoms with Gasteiger partial charge in [0, 0.05) is 31.4 Å². The number of imidazole rings is 1. The van der Waals surface area contributed by atoms with Crippen molar-refractivity contribution in [1.29, 1.82) is 0 Å². The van der Waals surface area contributed by atoms with E-state index in [0.717, 1.165) is 41.8 Å². The molecule has 0 spiro atoms. The Balaban J connectivity index is 1.67. The number of carbonyl (C=O) groups excluding carboxylic acids is 1. The largest absolute Gasteiger partial charge is 0.457 e. The lowest BCUT2D eigenvalue weighted by molar-refractivity contribution is -0.117. The normalized spacial score (nSPS) is 14.9. The number of carbonyl (C=O) groups is 1. The van der Waals surface area contributed by atoms with Crippen molar-refractivity contribution in [1.82, 2.24) is 14.9 Å². The third-order valence-electron chi connectivity index (χ3n) is 5.00. The number of hydrogen-bond donors (Lipinski definition) is 2. The van der Waals surface area contributed by atoms with Crippen LogP contribution in [0.5, 0.6) is 11.5 Å². The molecule has 1 aromatic heterocycles. The minimum absolute atomic E-state index is 0.0570. The third-order valence-corrected chi connectivity index (χ3v) is 5.00. The van der Waals surface area contributed by atoms with Gasteiger partial charge in [-0.05, 0) is 37.1 Å². The van der Waals surface area contributed by atoms with E-state index >= 15 is 0 Å². The molecular weight excluding hydrogens is 394 g/mol. The Morgan fingerprint density at radius 1 is 1.17 bits per heavy atom. The van der Waals surface area contributed by atoms with Crippen LogP contribution in [-0.2, 0) is 16.1 Å². The molecule has 1 amide bonds. The summed E-state index contributed by atoms with van der Waals surface area (Å²) in [5.74, 6) is -0.867. The molecule has 3 N–H and O–H groups in total. The zero-order valence-electron chi connectivity index (χ0n) is 16.2. The first-order valence-corrected chi connectivity index (χ1v) is 9.72. The molecule has 1 saturated heterocycles. The van der Waals surface area contributed by atoms with Crippen LogP contribution in [0.25, 0.3) is 11.0 Å². The van der Waals surface area contributed by atoms with Crippen LogP contribution < -0.4 is 15.8 Å². The molecule has 2 heterocycles. The number of nitrogens with two attached hydrogens (primary N) is 1. The summed E-state index contributed by atoms with van der Waals surface area (Å²) in [6, 6.07) is 8.97. The summed E-state index contributed by atoms with van der Waals surface area (Å²) in [5, 5.41) is 3.01. The molecule has 0 unspecified atom stereocenters. The molecule has 0 atom stereocenters. The number of rotatable bonds is 7. The molecule has 2 aromatic carbocycles. The van der Waals surface area contributed by atoms with Gasteiger partial charge >= 0.3 is 0 Å². The Morgan fingerprint density at radius 3 is 2.63 bits per heavy atom. The van der Waals surface area contributed by atoms with Crippen LogP contribution >= 0.6 is 0 Å². The van der Waals surface area contributed by atoms with E-state index in [1.54, 1.807) is 6.07 Å². The van der Waals surface area contributed by atoms with Gasteiger partial charge < -0.3 is 25.1 Å². The highest BCUT2D eigenvalue weighted by Crippen LogP contribution is 2.32. The lowest BCUT2D eigenvalue weighted by Crippen LogP contribution is -2.30. The summed E-state index contributed by atoms with van der Waals surface area (Å²) in [5.41, 5.74) is 6.85. The minimum Gasteiger partial charge on any atom is -0.457 e. The molecule has 3 aromatic rings. The van der Waals surface area contributed by atoms with Crippen molar-refractivity contribution in [2.75, 3.05) is 19.8 Å². The van der Waals surface area contributed by atoms with Gasteiger partial charge in [0.15, 0.2) is 11.6 Å². The van der Waals surface area contributed by atoms with Crippen molar-refractivity contribution in [3.63, 3.8) is 0 Å². The molecule has 30 heavy (non-hydrogen) atoms. The first kappa shape index (κ1) is 20.2. The number of ether oxygens (including phenoxy) is 2. The van der Waals surface area contributed by atoms with E-state index in [-0.39, 0.29) is 18.3 Å². The molecule has 158 valence electrons. The van der Waals surface area contributed by atoms with Crippen molar-refractivity contribution in [3.05, 3.63) is 53.9 Å². The predicted molar refractivity (Wildman–Crippen MR) is 106 cm³/mol. The highest BCUT2D eigenvalue weighted by Gasteiger charge is 2.22. The second-order valence-corrected chi connectivity index (χ2v) is 7.14. The molecule has 9 heteroatoms. The second kappa shape index (κ2) is 8.76. The zero-order valence-corrected chi connectivity index (χ0v) is 16.2. The van der Waals surface area contributed by atoms with Crippen LogP contribution in [0.15, 0.2) is 36.4 Å². The first-order valence-electron chi connectivity index (χ1n) is 9.72. The van der Waals surface area contributed by atoms with Gasteiger partial charge in [0.1, 0.15) is 17.3 Å². The average molecular weight is 416 g/mol. The third kappa shape index (κ3) is 4.42. The summed E-state index contributed by atoms with van der Waals surface area (Å²) in [6.07, 6.45) is 1.67. The maximum absolute atomic E-state index is 13.5. The van der Waals surface area contributed by atoms with Gasteiger partial charge in [-0.25, -0.2) is 13.8 Å². The topological polar surface area (TPSA) is 91.4 Å². The van der Waals surface area contributed by atoms with Gasteiger partial charge in [0.2, 0.25) is 5.91 Å². The van der Waals surface area contributed by atoms with Crippen LogP contribution in [0.4, 0.5) is 8.78 Å². The summed E-state index contributed by atoms with van der Waals surface area (Å²) in [4.78, 5) is 15.8. The summed E-state index contributed by atoms with van der Waals surface area (Å²) < 4.78 is 40.0. The number of nitrogens with one attached hydrogen (secondary N) is 1. The Bertz CT molecular complexity index is 1060. The van der Waals surface area contributed by atoms with Crippen molar-refractivity contribution in [3.8, 4) is 11.5 Å². The van der Waals surface area contributed by atoms with Gasteiger partial charge in [-0.3, -0.25) is 4.79 Å². The van der Waals surface area contributed by atoms with Crippen molar-refractivity contribution in [2.24, 2.45) is 5.73 Å². The zero-order chi connectivity index (χ0) is 21.1. The summed E-state index contributed by atoms with van der Waals surface area (Å²) >= 11 is 0. The fourth-order valence-corrected chi connectivity index (χ4v) is 3.64. The van der Waals surface area contributed by atoms with Crippen molar-refractivity contribution >= 4 is 16.9 Å². The van der Waals surface area contributed by atoms with E-state index in [0.29, 0.717) is 25.5 Å². The number of aromatic nitrogens is 2. The molecule has 0 radical (unpaired) electrons. The van der Waals surface area contributed by atoms with Gasteiger partial charge in [-0.15, -0.1) is 0 Å². The minimum atomic E-state index is -0.969. The Hall–Kier alpha value is -3.04. The van der Waals surface area contributed by atoms with Gasteiger partial charge in [0.25, 0.3) is 0 Å². The van der Waals surface area contributed by atoms with E-state index in [9.17, 15) is 13.6 Å². The fraction of sp³-hybridized carbons (Fsp3) is 0.333. The van der Waals surface area contributed by atoms with Crippen LogP contribution in [0, 0.1) is 11.6 Å². The Morgan fingerprint density at radius 2 is 1.90 bits per heavy atom. The standard InChI is InChI=1S/C21H22F2N4O3/c22-16-3-1-14(9-17(16)23)30-15-2-4-18-19(10-15)27(13-5-7-29-8-6-13)21(26-18)12-25-11-20(24)28/h1-4,9-10,13,25H,5-8,11-12H2,(H2,24,28). The Kier molecular flexibility index (Phi) is 5.91. The SMILES string of the molecule is NC(=O)CNCc1nc2ccc(Oc3ccc(F)c(F)c3)cc2n1C1CCOCC1. The Labute approximate surface area is 171 Å². The first-order chi connectivity index (χ1) is 14.5. The quantitative estimate of drug-likeness (QED) is 0.618. The smallest absolute Gasteiger partial charge is 0.231 e.